The number of thiophene rings is 1. The van der Waals surface area contributed by atoms with Crippen molar-refractivity contribution in [2.75, 3.05) is 17.2 Å². The maximum Gasteiger partial charge on any atom is 0.324 e. The molecule has 3 aromatic rings. The summed E-state index contributed by atoms with van der Waals surface area (Å²) in [5, 5.41) is 6.57. The third kappa shape index (κ3) is 4.62. The molecule has 0 saturated heterocycles. The van der Waals surface area contributed by atoms with Crippen LogP contribution in [0, 0.1) is 0 Å². The van der Waals surface area contributed by atoms with Gasteiger partial charge in [0.1, 0.15) is 5.00 Å². The Labute approximate surface area is 182 Å². The van der Waals surface area contributed by atoms with E-state index in [0.717, 1.165) is 29.2 Å². The van der Waals surface area contributed by atoms with Crippen LogP contribution >= 0.6 is 22.9 Å². The number of anilines is 2. The van der Waals surface area contributed by atoms with Crippen LogP contribution < -0.4 is 16.4 Å². The fourth-order valence-corrected chi connectivity index (χ4v) is 4.88. The van der Waals surface area contributed by atoms with Gasteiger partial charge in [-0.2, -0.15) is 0 Å². The summed E-state index contributed by atoms with van der Waals surface area (Å²) in [7, 11) is 0. The first-order valence-electron chi connectivity index (χ1n) is 9.40. The molecule has 0 radical (unpaired) electrons. The molecule has 4 rings (SSSR count). The van der Waals surface area contributed by atoms with Crippen LogP contribution in [-0.4, -0.2) is 28.4 Å². The second kappa shape index (κ2) is 8.83. The lowest BCUT2D eigenvalue weighted by Gasteiger charge is -2.26. The SMILES string of the molecule is NC(=O)c1c(NC(=O)Nc2ccc(Cl)cc2)sc2c1CCN(Cc1ccccn1)C2. The van der Waals surface area contributed by atoms with Crippen LogP contribution in [0.2, 0.25) is 5.02 Å². The molecule has 0 saturated carbocycles. The topological polar surface area (TPSA) is 100 Å². The van der Waals surface area contributed by atoms with Crippen LogP contribution in [-0.2, 0) is 19.5 Å². The molecular formula is C21H20ClN5O2S. The van der Waals surface area contributed by atoms with Crippen LogP contribution in [0.3, 0.4) is 0 Å². The van der Waals surface area contributed by atoms with E-state index in [1.165, 1.54) is 11.3 Å². The number of aromatic nitrogens is 1. The highest BCUT2D eigenvalue weighted by molar-refractivity contribution is 7.17. The highest BCUT2D eigenvalue weighted by atomic mass is 35.5. The minimum absolute atomic E-state index is 0.402. The van der Waals surface area contributed by atoms with Crippen molar-refractivity contribution in [3.63, 3.8) is 0 Å². The zero-order valence-electron chi connectivity index (χ0n) is 16.0. The van der Waals surface area contributed by atoms with Crippen molar-refractivity contribution < 1.29 is 9.59 Å². The summed E-state index contributed by atoms with van der Waals surface area (Å²) in [6.45, 7) is 2.19. The molecule has 7 nitrogen and oxygen atoms in total. The predicted molar refractivity (Wildman–Crippen MR) is 119 cm³/mol. The Balaban J connectivity index is 1.50. The average Bonchev–Trinajstić information content (AvgIpc) is 3.07. The molecule has 0 fully saturated rings. The zero-order chi connectivity index (χ0) is 21.1. The number of nitrogens with two attached hydrogens (primary N) is 1. The summed E-state index contributed by atoms with van der Waals surface area (Å²) in [5.74, 6) is -0.535. The summed E-state index contributed by atoms with van der Waals surface area (Å²) in [4.78, 5) is 32.2. The molecule has 2 aromatic heterocycles. The van der Waals surface area contributed by atoms with E-state index in [4.69, 9.17) is 17.3 Å². The number of benzene rings is 1. The maximum atomic E-state index is 12.4. The summed E-state index contributed by atoms with van der Waals surface area (Å²) < 4.78 is 0. The molecule has 1 aromatic carbocycles. The summed E-state index contributed by atoms with van der Waals surface area (Å²) in [6, 6.07) is 12.2. The Morgan fingerprint density at radius 3 is 2.67 bits per heavy atom. The van der Waals surface area contributed by atoms with Gasteiger partial charge in [-0.1, -0.05) is 17.7 Å². The second-order valence-corrected chi connectivity index (χ2v) is 8.48. The first-order valence-corrected chi connectivity index (χ1v) is 10.6. The molecule has 3 amide bonds. The van der Waals surface area contributed by atoms with Crippen molar-refractivity contribution >= 4 is 45.6 Å². The molecule has 0 aliphatic carbocycles. The van der Waals surface area contributed by atoms with Crippen LogP contribution in [0.4, 0.5) is 15.5 Å². The van der Waals surface area contributed by atoms with Gasteiger partial charge in [-0.05, 0) is 48.4 Å². The number of nitrogens with one attached hydrogen (secondary N) is 2. The lowest BCUT2D eigenvalue weighted by atomic mass is 10.0. The fourth-order valence-electron chi connectivity index (χ4n) is 3.46. The smallest absolute Gasteiger partial charge is 0.324 e. The maximum absolute atomic E-state index is 12.4. The van der Waals surface area contributed by atoms with Crippen molar-refractivity contribution in [1.82, 2.24) is 9.88 Å². The minimum atomic E-state index is -0.535. The van der Waals surface area contributed by atoms with Crippen LogP contribution in [0.15, 0.2) is 48.7 Å². The Hall–Kier alpha value is -2.94. The van der Waals surface area contributed by atoms with Gasteiger partial charge in [-0.3, -0.25) is 20.0 Å². The number of primary amides is 1. The van der Waals surface area contributed by atoms with Gasteiger partial charge in [0, 0.05) is 41.4 Å². The normalized spacial score (nSPS) is 13.5. The highest BCUT2D eigenvalue weighted by Gasteiger charge is 2.27. The molecule has 3 heterocycles. The zero-order valence-corrected chi connectivity index (χ0v) is 17.6. The molecule has 0 bridgehead atoms. The molecular weight excluding hydrogens is 422 g/mol. The van der Waals surface area contributed by atoms with E-state index in [2.05, 4.69) is 20.5 Å². The van der Waals surface area contributed by atoms with Gasteiger partial charge >= 0.3 is 6.03 Å². The predicted octanol–water partition coefficient (Wildman–Crippen LogP) is 4.10. The number of fused-ring (bicyclic) bond motifs is 1. The number of pyridine rings is 1. The van der Waals surface area contributed by atoms with Crippen molar-refractivity contribution in [2.45, 2.75) is 19.5 Å². The lowest BCUT2D eigenvalue weighted by Crippen LogP contribution is -2.30. The third-order valence-electron chi connectivity index (χ3n) is 4.82. The Morgan fingerprint density at radius 1 is 1.17 bits per heavy atom. The fraction of sp³-hybridized carbons (Fsp3) is 0.190. The summed E-state index contributed by atoms with van der Waals surface area (Å²) in [6.07, 6.45) is 2.47. The standard InChI is InChI=1S/C21H20ClN5O2S/c22-13-4-6-14(7-5-13)25-21(29)26-20-18(19(23)28)16-8-10-27(12-17(16)30-20)11-15-3-1-2-9-24-15/h1-7,9H,8,10-12H2,(H2,23,28)(H2,25,26,29). The third-order valence-corrected chi connectivity index (χ3v) is 6.21. The van der Waals surface area contributed by atoms with Crippen molar-refractivity contribution in [1.29, 1.82) is 0 Å². The average molecular weight is 442 g/mol. The Bertz CT molecular complexity index is 1070. The number of carbonyl (C=O) groups excluding carboxylic acids is 2. The molecule has 0 spiro atoms. The molecule has 0 unspecified atom stereocenters. The van der Waals surface area contributed by atoms with E-state index in [9.17, 15) is 9.59 Å². The molecule has 4 N–H and O–H groups in total. The van der Waals surface area contributed by atoms with Gasteiger partial charge in [0.2, 0.25) is 0 Å². The summed E-state index contributed by atoms with van der Waals surface area (Å²) >= 11 is 7.26. The van der Waals surface area contributed by atoms with Gasteiger partial charge in [0.15, 0.2) is 0 Å². The number of carbonyl (C=O) groups is 2. The molecule has 1 aliphatic rings. The van der Waals surface area contributed by atoms with E-state index in [1.807, 2.05) is 18.2 Å². The van der Waals surface area contributed by atoms with Gasteiger partial charge in [0.25, 0.3) is 5.91 Å². The Kier molecular flexibility index (Phi) is 5.98. The first kappa shape index (κ1) is 20.3. The van der Waals surface area contributed by atoms with Crippen LogP contribution in [0.1, 0.15) is 26.5 Å². The van der Waals surface area contributed by atoms with Gasteiger partial charge in [-0.25, -0.2) is 4.79 Å². The number of rotatable bonds is 5. The van der Waals surface area contributed by atoms with Gasteiger partial charge in [0.05, 0.1) is 11.3 Å². The minimum Gasteiger partial charge on any atom is -0.365 e. The van der Waals surface area contributed by atoms with Gasteiger partial charge < -0.3 is 11.1 Å². The van der Waals surface area contributed by atoms with E-state index in [0.29, 0.717) is 34.2 Å². The number of hydrogen-bond acceptors (Lipinski definition) is 5. The molecule has 1 aliphatic heterocycles. The monoisotopic (exact) mass is 441 g/mol. The van der Waals surface area contributed by atoms with Crippen LogP contribution in [0.5, 0.6) is 0 Å². The molecule has 0 atom stereocenters. The largest absolute Gasteiger partial charge is 0.365 e. The highest BCUT2D eigenvalue weighted by Crippen LogP contribution is 2.37. The van der Waals surface area contributed by atoms with Gasteiger partial charge in [-0.15, -0.1) is 11.3 Å². The van der Waals surface area contributed by atoms with Crippen molar-refractivity contribution in [3.05, 3.63) is 75.4 Å². The number of urea groups is 1. The molecule has 30 heavy (non-hydrogen) atoms. The number of halogens is 1. The number of nitrogens with zero attached hydrogens (tertiary/aromatic N) is 2. The van der Waals surface area contributed by atoms with Crippen LogP contribution in [0.25, 0.3) is 0 Å². The molecule has 9 heteroatoms. The van der Waals surface area contributed by atoms with E-state index in [-0.39, 0.29) is 0 Å². The van der Waals surface area contributed by atoms with Crippen molar-refractivity contribution in [2.24, 2.45) is 5.73 Å². The van der Waals surface area contributed by atoms with Crippen molar-refractivity contribution in [3.8, 4) is 0 Å². The second-order valence-electron chi connectivity index (χ2n) is 6.94. The van der Waals surface area contributed by atoms with E-state index < -0.39 is 11.9 Å². The molecule has 154 valence electrons. The lowest BCUT2D eigenvalue weighted by molar-refractivity contribution is 0.0999. The Morgan fingerprint density at radius 2 is 1.97 bits per heavy atom. The quantitative estimate of drug-likeness (QED) is 0.555. The van der Waals surface area contributed by atoms with E-state index in [1.54, 1.807) is 30.5 Å². The number of hydrogen-bond donors (Lipinski definition) is 3. The van der Waals surface area contributed by atoms with E-state index >= 15 is 0 Å². The first-order chi connectivity index (χ1) is 14.5. The number of amides is 3. The summed E-state index contributed by atoms with van der Waals surface area (Å²) in [5.41, 5.74) is 8.56.